The molecule has 0 aliphatic rings. The molecule has 0 fully saturated rings. The van der Waals surface area contributed by atoms with E-state index in [-0.39, 0.29) is 5.91 Å². The molecule has 1 rings (SSSR count). The van der Waals surface area contributed by atoms with E-state index in [1.807, 2.05) is 25.1 Å². The second kappa shape index (κ2) is 13.5. The Labute approximate surface area is 152 Å². The molecule has 1 aromatic rings. The monoisotopic (exact) mass is 347 g/mol. The van der Waals surface area contributed by atoms with Gasteiger partial charge in [0.25, 0.3) is 5.91 Å². The average Bonchev–Trinajstić information content (AvgIpc) is 2.62. The van der Waals surface area contributed by atoms with E-state index >= 15 is 0 Å². The number of carbonyl (C=O) groups excluding carboxylic acids is 2. The number of amides is 1. The van der Waals surface area contributed by atoms with Crippen LogP contribution in [0.15, 0.2) is 24.3 Å². The van der Waals surface area contributed by atoms with Crippen molar-refractivity contribution in [2.24, 2.45) is 0 Å². The van der Waals surface area contributed by atoms with E-state index in [2.05, 4.69) is 12.4 Å². The van der Waals surface area contributed by atoms with Crippen LogP contribution >= 0.6 is 0 Å². The van der Waals surface area contributed by atoms with Gasteiger partial charge in [0.2, 0.25) is 0 Å². The molecule has 0 saturated carbocycles. The Morgan fingerprint density at radius 3 is 2.20 bits per heavy atom. The van der Waals surface area contributed by atoms with Crippen molar-refractivity contribution in [2.75, 3.05) is 0 Å². The highest BCUT2D eigenvalue weighted by Gasteiger charge is 2.12. The van der Waals surface area contributed by atoms with Crippen LogP contribution in [0.2, 0.25) is 0 Å². The first kappa shape index (κ1) is 21.2. The molecule has 0 aromatic heterocycles. The van der Waals surface area contributed by atoms with Gasteiger partial charge in [-0.05, 0) is 30.9 Å². The Morgan fingerprint density at radius 1 is 0.880 bits per heavy atom. The minimum Gasteiger partial charge on any atom is -0.341 e. The largest absolute Gasteiger partial charge is 0.341 e. The maximum atomic E-state index is 12.2. The van der Waals surface area contributed by atoms with Crippen LogP contribution in [0, 0.1) is 0 Å². The fourth-order valence-electron chi connectivity index (χ4n) is 2.82. The van der Waals surface area contributed by atoms with Crippen molar-refractivity contribution in [3.63, 3.8) is 0 Å². The molecule has 1 aromatic carbocycles. The predicted molar refractivity (Wildman–Crippen MR) is 101 cm³/mol. The van der Waals surface area contributed by atoms with Crippen LogP contribution in [-0.4, -0.2) is 11.9 Å². The van der Waals surface area contributed by atoms with Crippen molar-refractivity contribution >= 4 is 11.9 Å². The molecule has 4 heteroatoms. The normalized spacial score (nSPS) is 10.5. The maximum absolute atomic E-state index is 12.2. The number of benzene rings is 1. The third kappa shape index (κ3) is 9.28. The lowest BCUT2D eigenvalue weighted by molar-refractivity contribution is -0.149. The SMILES string of the molecule is CCCCCCCCCCc1ccccc1C(=O)NOC(=O)CCC. The summed E-state index contributed by atoms with van der Waals surface area (Å²) in [4.78, 5) is 28.4. The van der Waals surface area contributed by atoms with E-state index in [1.54, 1.807) is 6.07 Å². The van der Waals surface area contributed by atoms with E-state index in [0.717, 1.165) is 18.4 Å². The Kier molecular flexibility index (Phi) is 11.4. The molecular formula is C21H33NO3. The predicted octanol–water partition coefficient (Wildman–Crippen LogP) is 5.36. The lowest BCUT2D eigenvalue weighted by atomic mass is 10.00. The summed E-state index contributed by atoms with van der Waals surface area (Å²) in [5.74, 6) is -0.754. The molecule has 0 atom stereocenters. The molecule has 1 N–H and O–H groups in total. The molecule has 140 valence electrons. The van der Waals surface area contributed by atoms with Crippen LogP contribution in [-0.2, 0) is 16.1 Å². The molecular weight excluding hydrogens is 314 g/mol. The third-order valence-corrected chi connectivity index (χ3v) is 4.27. The molecule has 0 radical (unpaired) electrons. The maximum Gasteiger partial charge on any atom is 0.332 e. The lowest BCUT2D eigenvalue weighted by Gasteiger charge is -2.10. The molecule has 4 nitrogen and oxygen atoms in total. The minimum absolute atomic E-state index is 0.306. The van der Waals surface area contributed by atoms with Gasteiger partial charge in [-0.25, -0.2) is 4.79 Å². The smallest absolute Gasteiger partial charge is 0.332 e. The molecule has 0 heterocycles. The lowest BCUT2D eigenvalue weighted by Crippen LogP contribution is -2.27. The van der Waals surface area contributed by atoms with Crippen LogP contribution in [0.3, 0.4) is 0 Å². The summed E-state index contributed by atoms with van der Waals surface area (Å²) in [5.41, 5.74) is 3.87. The topological polar surface area (TPSA) is 55.4 Å². The van der Waals surface area contributed by atoms with Gasteiger partial charge >= 0.3 is 5.97 Å². The molecule has 25 heavy (non-hydrogen) atoms. The van der Waals surface area contributed by atoms with Crippen LogP contribution in [0.5, 0.6) is 0 Å². The number of nitrogens with one attached hydrogen (secondary N) is 1. The highest BCUT2D eigenvalue weighted by Crippen LogP contribution is 2.15. The second-order valence-electron chi connectivity index (χ2n) is 6.54. The molecule has 0 unspecified atom stereocenters. The van der Waals surface area contributed by atoms with E-state index in [1.165, 1.54) is 44.9 Å². The summed E-state index contributed by atoms with van der Waals surface area (Å²) >= 11 is 0. The number of hydroxylamine groups is 1. The van der Waals surface area contributed by atoms with Crippen LogP contribution < -0.4 is 5.48 Å². The van der Waals surface area contributed by atoms with E-state index in [9.17, 15) is 9.59 Å². The van der Waals surface area contributed by atoms with Gasteiger partial charge in [0, 0.05) is 12.0 Å². The van der Waals surface area contributed by atoms with Gasteiger partial charge in [0.15, 0.2) is 0 Å². The quantitative estimate of drug-likeness (QED) is 0.409. The van der Waals surface area contributed by atoms with Crippen LogP contribution in [0.25, 0.3) is 0 Å². The summed E-state index contributed by atoms with van der Waals surface area (Å²) in [6.07, 6.45) is 12.0. The first-order valence-corrected chi connectivity index (χ1v) is 9.77. The fourth-order valence-corrected chi connectivity index (χ4v) is 2.82. The summed E-state index contributed by atoms with van der Waals surface area (Å²) < 4.78 is 0. The number of hydrogen-bond donors (Lipinski definition) is 1. The standard InChI is InChI=1S/C21H33NO3/c1-3-5-6-7-8-9-10-11-15-18-16-12-13-17-19(18)21(24)22-25-20(23)14-4-2/h12-13,16-17H,3-11,14-15H2,1-2H3,(H,22,24). The van der Waals surface area contributed by atoms with Crippen molar-refractivity contribution < 1.29 is 14.4 Å². The third-order valence-electron chi connectivity index (χ3n) is 4.27. The van der Waals surface area contributed by atoms with Crippen LogP contribution in [0.4, 0.5) is 0 Å². The number of unbranched alkanes of at least 4 members (excludes halogenated alkanes) is 7. The molecule has 0 saturated heterocycles. The summed E-state index contributed by atoms with van der Waals surface area (Å²) in [7, 11) is 0. The second-order valence-corrected chi connectivity index (χ2v) is 6.54. The summed E-state index contributed by atoms with van der Waals surface area (Å²) in [6.45, 7) is 4.13. The van der Waals surface area contributed by atoms with E-state index < -0.39 is 5.97 Å². The van der Waals surface area contributed by atoms with E-state index in [4.69, 9.17) is 4.84 Å². The Balaban J connectivity index is 2.35. The summed E-state index contributed by atoms with van der Waals surface area (Å²) in [6, 6.07) is 7.53. The van der Waals surface area contributed by atoms with Crippen molar-refractivity contribution in [2.45, 2.75) is 84.5 Å². The number of hydrogen-bond acceptors (Lipinski definition) is 3. The van der Waals surface area contributed by atoms with Gasteiger partial charge in [-0.1, -0.05) is 77.0 Å². The van der Waals surface area contributed by atoms with Crippen molar-refractivity contribution in [1.29, 1.82) is 0 Å². The number of rotatable bonds is 12. The van der Waals surface area contributed by atoms with Crippen LogP contribution in [0.1, 0.15) is 94.0 Å². The molecule has 0 aliphatic heterocycles. The summed E-state index contributed by atoms with van der Waals surface area (Å²) in [5, 5.41) is 0. The van der Waals surface area contributed by atoms with Crippen molar-refractivity contribution in [3.05, 3.63) is 35.4 Å². The van der Waals surface area contributed by atoms with Gasteiger partial charge in [-0.2, -0.15) is 5.48 Å². The van der Waals surface area contributed by atoms with Gasteiger partial charge in [-0.15, -0.1) is 0 Å². The fraction of sp³-hybridized carbons (Fsp3) is 0.619. The zero-order valence-corrected chi connectivity index (χ0v) is 15.8. The Bertz CT molecular complexity index is 514. The molecule has 0 aliphatic carbocycles. The molecule has 0 spiro atoms. The first-order chi connectivity index (χ1) is 12.2. The number of carbonyl (C=O) groups is 2. The average molecular weight is 347 g/mol. The van der Waals surface area contributed by atoms with Crippen molar-refractivity contribution in [3.8, 4) is 0 Å². The number of aryl methyl sites for hydroxylation is 1. The Hall–Kier alpha value is -1.84. The Morgan fingerprint density at radius 2 is 1.52 bits per heavy atom. The van der Waals surface area contributed by atoms with Gasteiger partial charge in [-0.3, -0.25) is 4.79 Å². The van der Waals surface area contributed by atoms with Crippen molar-refractivity contribution in [1.82, 2.24) is 5.48 Å². The zero-order valence-electron chi connectivity index (χ0n) is 15.8. The molecule has 1 amide bonds. The zero-order chi connectivity index (χ0) is 18.3. The first-order valence-electron chi connectivity index (χ1n) is 9.77. The van der Waals surface area contributed by atoms with Gasteiger partial charge in [0.1, 0.15) is 0 Å². The molecule has 0 bridgehead atoms. The highest BCUT2D eigenvalue weighted by molar-refractivity contribution is 5.95. The highest BCUT2D eigenvalue weighted by atomic mass is 16.7. The van der Waals surface area contributed by atoms with E-state index in [0.29, 0.717) is 18.4 Å². The van der Waals surface area contributed by atoms with Gasteiger partial charge in [0.05, 0.1) is 0 Å². The van der Waals surface area contributed by atoms with Gasteiger partial charge < -0.3 is 4.84 Å². The minimum atomic E-state index is -0.406.